The maximum Gasteiger partial charge on any atom is 0.407 e. The van der Waals surface area contributed by atoms with Gasteiger partial charge in [0.2, 0.25) is 0 Å². The van der Waals surface area contributed by atoms with Gasteiger partial charge in [-0.3, -0.25) is 14.5 Å². The molecule has 1 fully saturated rings. The SMILES string of the molecule is CCCCC/C=C\C/C=C\CCCCCCCC(=O)OCC(COC(=O)CCC(OCCCCCCCC)OCCCCCCCC)COC(=O)NC1CN(CCO)C1. The lowest BCUT2D eigenvalue weighted by Gasteiger charge is -2.38. The van der Waals surface area contributed by atoms with Gasteiger partial charge in [-0.15, -0.1) is 0 Å². The Labute approximate surface area is 360 Å². The number of aliphatic hydroxyl groups excluding tert-OH is 1. The third-order valence-corrected chi connectivity index (χ3v) is 10.6. The van der Waals surface area contributed by atoms with Gasteiger partial charge in [-0.05, 0) is 51.4 Å². The Hall–Kier alpha value is -2.47. The van der Waals surface area contributed by atoms with Crippen molar-refractivity contribution in [1.29, 1.82) is 0 Å². The number of ether oxygens (including phenoxy) is 5. The van der Waals surface area contributed by atoms with E-state index in [2.05, 4.69) is 50.4 Å². The number of amides is 1. The van der Waals surface area contributed by atoms with Crippen molar-refractivity contribution >= 4 is 18.0 Å². The molecule has 1 aliphatic rings. The van der Waals surface area contributed by atoms with E-state index in [1.165, 1.54) is 77.0 Å². The predicted octanol–water partition coefficient (Wildman–Crippen LogP) is 10.8. The van der Waals surface area contributed by atoms with E-state index < -0.39 is 24.3 Å². The fraction of sp³-hybridized carbons (Fsp3) is 0.854. The fourth-order valence-electron chi connectivity index (χ4n) is 6.82. The Morgan fingerprint density at radius 3 is 1.66 bits per heavy atom. The van der Waals surface area contributed by atoms with E-state index in [4.69, 9.17) is 28.8 Å². The van der Waals surface area contributed by atoms with E-state index in [1.54, 1.807) is 0 Å². The highest BCUT2D eigenvalue weighted by molar-refractivity contribution is 5.70. The van der Waals surface area contributed by atoms with Crippen LogP contribution in [0.1, 0.15) is 188 Å². The fourth-order valence-corrected chi connectivity index (χ4v) is 6.82. The average molecular weight is 837 g/mol. The van der Waals surface area contributed by atoms with Gasteiger partial charge in [0.15, 0.2) is 6.29 Å². The number of allylic oxidation sites excluding steroid dienone is 4. The van der Waals surface area contributed by atoms with Crippen LogP contribution >= 0.6 is 0 Å². The van der Waals surface area contributed by atoms with E-state index in [9.17, 15) is 14.4 Å². The molecule has 1 amide bonds. The van der Waals surface area contributed by atoms with Gasteiger partial charge in [0.05, 0.1) is 25.0 Å². The number of nitrogens with zero attached hydrogens (tertiary/aromatic N) is 1. The molecule has 1 rings (SSSR count). The number of rotatable bonds is 42. The smallest absolute Gasteiger partial charge is 0.407 e. The molecule has 0 aromatic carbocycles. The van der Waals surface area contributed by atoms with E-state index in [0.29, 0.717) is 45.7 Å². The summed E-state index contributed by atoms with van der Waals surface area (Å²) in [5.41, 5.74) is 0. The largest absolute Gasteiger partial charge is 0.465 e. The maximum atomic E-state index is 12.9. The summed E-state index contributed by atoms with van der Waals surface area (Å²) in [6.45, 7) is 9.68. The van der Waals surface area contributed by atoms with Crippen molar-refractivity contribution in [2.45, 2.75) is 200 Å². The van der Waals surface area contributed by atoms with Crippen molar-refractivity contribution in [1.82, 2.24) is 10.2 Å². The zero-order valence-electron chi connectivity index (χ0n) is 38.0. The van der Waals surface area contributed by atoms with Crippen molar-refractivity contribution in [2.24, 2.45) is 5.92 Å². The van der Waals surface area contributed by atoms with Gasteiger partial charge in [-0.2, -0.15) is 0 Å². The summed E-state index contributed by atoms with van der Waals surface area (Å²) in [4.78, 5) is 40.1. The zero-order valence-corrected chi connectivity index (χ0v) is 38.0. The minimum Gasteiger partial charge on any atom is -0.465 e. The second-order valence-electron chi connectivity index (χ2n) is 16.4. The first-order valence-electron chi connectivity index (χ1n) is 24.0. The van der Waals surface area contributed by atoms with Crippen molar-refractivity contribution in [3.8, 4) is 0 Å². The summed E-state index contributed by atoms with van der Waals surface area (Å²) in [6, 6.07) is -0.0496. The Morgan fingerprint density at radius 1 is 0.610 bits per heavy atom. The minimum atomic E-state index is -0.570. The normalized spacial score (nSPS) is 14.0. The lowest BCUT2D eigenvalue weighted by atomic mass is 10.1. The Bertz CT molecular complexity index is 1030. The quantitative estimate of drug-likeness (QED) is 0.0201. The first-order valence-corrected chi connectivity index (χ1v) is 24.0. The predicted molar refractivity (Wildman–Crippen MR) is 238 cm³/mol. The molecule has 1 heterocycles. The van der Waals surface area contributed by atoms with Crippen molar-refractivity contribution in [3.63, 3.8) is 0 Å². The second-order valence-corrected chi connectivity index (χ2v) is 16.4. The summed E-state index contributed by atoms with van der Waals surface area (Å²) in [5.74, 6) is -1.21. The first kappa shape index (κ1) is 54.5. The molecular weight excluding hydrogens is 749 g/mol. The van der Waals surface area contributed by atoms with Crippen molar-refractivity contribution < 1.29 is 43.2 Å². The van der Waals surface area contributed by atoms with Gasteiger partial charge in [0, 0.05) is 45.7 Å². The van der Waals surface area contributed by atoms with Gasteiger partial charge in [0.1, 0.15) is 19.8 Å². The topological polar surface area (TPSA) is 133 Å². The lowest BCUT2D eigenvalue weighted by molar-refractivity contribution is -0.161. The molecule has 0 spiro atoms. The number of esters is 2. The van der Waals surface area contributed by atoms with Crippen LogP contribution in [0.5, 0.6) is 0 Å². The van der Waals surface area contributed by atoms with E-state index in [1.807, 2.05) is 4.90 Å². The summed E-state index contributed by atoms with van der Waals surface area (Å²) in [5, 5.41) is 11.9. The van der Waals surface area contributed by atoms with Crippen LogP contribution in [-0.4, -0.2) is 99.6 Å². The van der Waals surface area contributed by atoms with Crippen molar-refractivity contribution in [3.05, 3.63) is 24.3 Å². The van der Waals surface area contributed by atoms with E-state index >= 15 is 0 Å². The number of β-amino-alcohol motifs (C(OH)–C–C–N with tert-alkyl or cyclic N) is 1. The number of carbonyl (C=O) groups is 3. The molecule has 344 valence electrons. The third-order valence-electron chi connectivity index (χ3n) is 10.6. The lowest BCUT2D eigenvalue weighted by Crippen LogP contribution is -2.59. The molecule has 59 heavy (non-hydrogen) atoms. The molecule has 1 saturated heterocycles. The van der Waals surface area contributed by atoms with Crippen LogP contribution in [0.15, 0.2) is 24.3 Å². The van der Waals surface area contributed by atoms with Crippen LogP contribution in [-0.2, 0) is 33.3 Å². The Kier molecular flexibility index (Phi) is 37.8. The standard InChI is InChI=1S/C48H88N2O9/c1-4-7-10-13-16-17-18-19-20-21-22-23-24-25-28-31-45(52)57-40-43(42-59-48(54)49-44-38-50(39-44)34-35-51)41-58-46(53)32-33-47(55-36-29-26-14-11-8-5-2)56-37-30-27-15-12-9-6-3/h16-17,19-20,43-44,47,51H,4-15,18,21-42H2,1-3H3,(H,49,54)/b17-16-,20-19-. The number of hydrogen-bond donors (Lipinski definition) is 2. The molecule has 1 unspecified atom stereocenters. The molecule has 0 aliphatic carbocycles. The van der Waals surface area contributed by atoms with Gasteiger partial charge < -0.3 is 34.1 Å². The number of unbranched alkanes of at least 4 members (excludes halogenated alkanes) is 18. The van der Waals surface area contributed by atoms with Crippen LogP contribution in [0.4, 0.5) is 4.79 Å². The number of alkyl carbamates (subject to hydrolysis) is 1. The highest BCUT2D eigenvalue weighted by atomic mass is 16.7. The van der Waals surface area contributed by atoms with Crippen LogP contribution in [0.2, 0.25) is 0 Å². The van der Waals surface area contributed by atoms with Crippen LogP contribution in [0.25, 0.3) is 0 Å². The molecule has 0 aromatic rings. The molecule has 0 radical (unpaired) electrons. The van der Waals surface area contributed by atoms with Gasteiger partial charge in [-0.1, -0.05) is 141 Å². The Balaban J connectivity index is 2.50. The van der Waals surface area contributed by atoms with E-state index in [-0.39, 0.29) is 44.9 Å². The molecular formula is C48H88N2O9. The molecule has 2 N–H and O–H groups in total. The molecule has 0 bridgehead atoms. The number of nitrogens with one attached hydrogen (secondary N) is 1. The first-order chi connectivity index (χ1) is 28.9. The van der Waals surface area contributed by atoms with Gasteiger partial charge in [0.25, 0.3) is 0 Å². The monoisotopic (exact) mass is 837 g/mol. The number of aliphatic hydroxyl groups is 1. The molecule has 0 aromatic heterocycles. The van der Waals surface area contributed by atoms with Crippen molar-refractivity contribution in [2.75, 3.05) is 59.3 Å². The number of likely N-dealkylation sites (tertiary alicyclic amines) is 1. The van der Waals surface area contributed by atoms with Gasteiger partial charge >= 0.3 is 18.0 Å². The highest BCUT2D eigenvalue weighted by Gasteiger charge is 2.28. The molecule has 1 aliphatic heterocycles. The summed E-state index contributed by atoms with van der Waals surface area (Å²) >= 11 is 0. The number of carbonyl (C=O) groups excluding carboxylic acids is 3. The average Bonchev–Trinajstić information content (AvgIpc) is 3.22. The number of hydrogen-bond acceptors (Lipinski definition) is 10. The Morgan fingerprint density at radius 2 is 1.08 bits per heavy atom. The molecule has 0 saturated carbocycles. The van der Waals surface area contributed by atoms with Gasteiger partial charge in [-0.25, -0.2) is 4.79 Å². The summed E-state index contributed by atoms with van der Waals surface area (Å²) < 4.78 is 28.9. The van der Waals surface area contributed by atoms with Crippen LogP contribution in [0.3, 0.4) is 0 Å². The molecule has 11 nitrogen and oxygen atoms in total. The van der Waals surface area contributed by atoms with Crippen LogP contribution < -0.4 is 5.32 Å². The van der Waals surface area contributed by atoms with E-state index in [0.717, 1.165) is 70.6 Å². The highest BCUT2D eigenvalue weighted by Crippen LogP contribution is 2.14. The molecule has 11 heteroatoms. The zero-order chi connectivity index (χ0) is 42.9. The summed E-state index contributed by atoms with van der Waals surface area (Å²) in [7, 11) is 0. The van der Waals surface area contributed by atoms with Crippen LogP contribution in [0, 0.1) is 5.92 Å². The maximum absolute atomic E-state index is 12.9. The third kappa shape index (κ3) is 34.9. The molecule has 1 atom stereocenters. The summed E-state index contributed by atoms with van der Waals surface area (Å²) in [6.07, 6.45) is 35.1. The minimum absolute atomic E-state index is 0.0152. The second kappa shape index (κ2) is 40.9.